The van der Waals surface area contributed by atoms with Crippen LogP contribution in [0.4, 0.5) is 0 Å². The van der Waals surface area contributed by atoms with Gasteiger partial charge in [-0.2, -0.15) is 0 Å². The molecule has 164 valence electrons. The highest BCUT2D eigenvalue weighted by molar-refractivity contribution is 7.89. The zero-order valence-corrected chi connectivity index (χ0v) is 18.7. The van der Waals surface area contributed by atoms with E-state index >= 15 is 0 Å². The van der Waals surface area contributed by atoms with E-state index in [1.807, 2.05) is 38.1 Å². The molecule has 0 saturated heterocycles. The first-order chi connectivity index (χ1) is 14.2. The van der Waals surface area contributed by atoms with Crippen LogP contribution in [-0.4, -0.2) is 40.6 Å². The number of benzene rings is 2. The van der Waals surface area contributed by atoms with Gasteiger partial charge in [0.25, 0.3) is 5.91 Å². The number of nitrogens with one attached hydrogen (secondary N) is 2. The Balaban J connectivity index is 1.88. The molecule has 0 bridgehead atoms. The predicted octanol–water partition coefficient (Wildman–Crippen LogP) is 2.76. The molecule has 0 radical (unpaired) electrons. The second kappa shape index (κ2) is 11.0. The van der Waals surface area contributed by atoms with Crippen LogP contribution in [0, 0.1) is 5.92 Å². The number of methoxy groups -OCH3 is 1. The SMILES string of the molecule is COc1ccc(CCNS(=O)(=O)c2ccc(O[C@@H](C)C(=O)NCC(C)C)cc2)cc1. The molecule has 2 aromatic rings. The normalized spacial score (nSPS) is 12.4. The van der Waals surface area contributed by atoms with Crippen molar-refractivity contribution in [2.45, 2.75) is 38.2 Å². The Morgan fingerprint density at radius 1 is 0.967 bits per heavy atom. The summed E-state index contributed by atoms with van der Waals surface area (Å²) in [7, 11) is -2.03. The van der Waals surface area contributed by atoms with Crippen molar-refractivity contribution in [2.24, 2.45) is 5.92 Å². The lowest BCUT2D eigenvalue weighted by atomic mass is 10.1. The number of carbonyl (C=O) groups is 1. The van der Waals surface area contributed by atoms with Crippen LogP contribution in [0.1, 0.15) is 26.3 Å². The zero-order valence-electron chi connectivity index (χ0n) is 17.8. The lowest BCUT2D eigenvalue weighted by molar-refractivity contribution is -0.127. The summed E-state index contributed by atoms with van der Waals surface area (Å²) in [5, 5.41) is 2.80. The molecule has 1 atom stereocenters. The van der Waals surface area contributed by atoms with Crippen LogP contribution in [0.2, 0.25) is 0 Å². The van der Waals surface area contributed by atoms with Crippen molar-refractivity contribution >= 4 is 15.9 Å². The monoisotopic (exact) mass is 434 g/mol. The Morgan fingerprint density at radius 2 is 1.57 bits per heavy atom. The van der Waals surface area contributed by atoms with Crippen molar-refractivity contribution in [1.29, 1.82) is 0 Å². The van der Waals surface area contributed by atoms with E-state index in [9.17, 15) is 13.2 Å². The van der Waals surface area contributed by atoms with Crippen molar-refractivity contribution in [3.8, 4) is 11.5 Å². The van der Waals surface area contributed by atoms with Gasteiger partial charge in [-0.25, -0.2) is 13.1 Å². The first-order valence-corrected chi connectivity index (χ1v) is 11.4. The second-order valence-electron chi connectivity index (χ2n) is 7.37. The first-order valence-electron chi connectivity index (χ1n) is 9.88. The van der Waals surface area contributed by atoms with Gasteiger partial charge in [0.2, 0.25) is 10.0 Å². The molecule has 2 aromatic carbocycles. The van der Waals surface area contributed by atoms with Gasteiger partial charge in [-0.3, -0.25) is 4.79 Å². The van der Waals surface area contributed by atoms with E-state index in [0.717, 1.165) is 11.3 Å². The number of hydrogen-bond acceptors (Lipinski definition) is 5. The maximum Gasteiger partial charge on any atom is 0.260 e. The third-order valence-corrected chi connectivity index (χ3v) is 5.84. The minimum absolute atomic E-state index is 0.140. The van der Waals surface area contributed by atoms with E-state index < -0.39 is 16.1 Å². The fraction of sp³-hybridized carbons (Fsp3) is 0.409. The van der Waals surface area contributed by atoms with Crippen molar-refractivity contribution in [1.82, 2.24) is 10.0 Å². The number of hydrogen-bond donors (Lipinski definition) is 2. The number of sulfonamides is 1. The number of amides is 1. The summed E-state index contributed by atoms with van der Waals surface area (Å²) in [6, 6.07) is 13.5. The highest BCUT2D eigenvalue weighted by atomic mass is 32.2. The van der Waals surface area contributed by atoms with Crippen LogP contribution in [0.25, 0.3) is 0 Å². The lowest BCUT2D eigenvalue weighted by Gasteiger charge is -2.16. The van der Waals surface area contributed by atoms with Crippen LogP contribution < -0.4 is 19.5 Å². The minimum Gasteiger partial charge on any atom is -0.497 e. The van der Waals surface area contributed by atoms with E-state index in [4.69, 9.17) is 9.47 Å². The molecule has 0 aliphatic carbocycles. The Morgan fingerprint density at radius 3 is 2.13 bits per heavy atom. The summed E-state index contributed by atoms with van der Waals surface area (Å²) in [4.78, 5) is 12.1. The summed E-state index contributed by atoms with van der Waals surface area (Å²) in [6.45, 7) is 6.53. The van der Waals surface area contributed by atoms with Gasteiger partial charge in [0.1, 0.15) is 11.5 Å². The van der Waals surface area contributed by atoms with Crippen molar-refractivity contribution in [2.75, 3.05) is 20.2 Å². The molecule has 0 fully saturated rings. The van der Waals surface area contributed by atoms with Crippen LogP contribution in [0.3, 0.4) is 0 Å². The summed E-state index contributed by atoms with van der Waals surface area (Å²) in [5.74, 6) is 1.33. The standard InChI is InChI=1S/C22H30N2O5S/c1-16(2)15-23-22(25)17(3)29-20-9-11-21(12-10-20)30(26,27)24-14-13-18-5-7-19(28-4)8-6-18/h5-12,16-17,24H,13-15H2,1-4H3,(H,23,25)/t17-/m0/s1. The fourth-order valence-electron chi connectivity index (χ4n) is 2.61. The number of rotatable bonds is 11. The van der Waals surface area contributed by atoms with Crippen molar-refractivity contribution in [3.05, 3.63) is 54.1 Å². The molecular weight excluding hydrogens is 404 g/mol. The van der Waals surface area contributed by atoms with Gasteiger partial charge in [-0.05, 0) is 61.2 Å². The predicted molar refractivity (Wildman–Crippen MR) is 116 cm³/mol. The Bertz CT molecular complexity index is 910. The van der Waals surface area contributed by atoms with Crippen LogP contribution in [-0.2, 0) is 21.2 Å². The van der Waals surface area contributed by atoms with E-state index in [1.54, 1.807) is 26.2 Å². The van der Waals surface area contributed by atoms with Crippen molar-refractivity contribution < 1.29 is 22.7 Å². The molecule has 1 amide bonds. The minimum atomic E-state index is -3.63. The van der Waals surface area contributed by atoms with Gasteiger partial charge in [0.15, 0.2) is 6.10 Å². The van der Waals surface area contributed by atoms with Gasteiger partial charge in [-0.1, -0.05) is 26.0 Å². The van der Waals surface area contributed by atoms with E-state index in [2.05, 4.69) is 10.0 Å². The average Bonchev–Trinajstić information content (AvgIpc) is 2.72. The molecule has 2 rings (SSSR count). The average molecular weight is 435 g/mol. The highest BCUT2D eigenvalue weighted by Crippen LogP contribution is 2.17. The number of ether oxygens (including phenoxy) is 2. The molecule has 7 nitrogen and oxygen atoms in total. The fourth-order valence-corrected chi connectivity index (χ4v) is 3.64. The molecule has 0 heterocycles. The summed E-state index contributed by atoms with van der Waals surface area (Å²) < 4.78 is 38.3. The molecule has 30 heavy (non-hydrogen) atoms. The van der Waals surface area contributed by atoms with Crippen LogP contribution in [0.15, 0.2) is 53.4 Å². The number of carbonyl (C=O) groups excluding carboxylic acids is 1. The molecule has 0 saturated carbocycles. The van der Waals surface area contributed by atoms with Gasteiger partial charge < -0.3 is 14.8 Å². The highest BCUT2D eigenvalue weighted by Gasteiger charge is 2.17. The Hall–Kier alpha value is -2.58. The molecule has 0 aliphatic rings. The lowest BCUT2D eigenvalue weighted by Crippen LogP contribution is -2.38. The molecular formula is C22H30N2O5S. The molecule has 2 N–H and O–H groups in total. The van der Waals surface area contributed by atoms with Crippen LogP contribution >= 0.6 is 0 Å². The van der Waals surface area contributed by atoms with Gasteiger partial charge in [0.05, 0.1) is 12.0 Å². The maximum absolute atomic E-state index is 12.5. The maximum atomic E-state index is 12.5. The third kappa shape index (κ3) is 7.35. The summed E-state index contributed by atoms with van der Waals surface area (Å²) in [5.41, 5.74) is 1.01. The van der Waals surface area contributed by atoms with E-state index in [-0.39, 0.29) is 17.3 Å². The molecule has 0 unspecified atom stereocenters. The Kier molecular flexibility index (Phi) is 8.68. The first kappa shape index (κ1) is 23.7. The van der Waals surface area contributed by atoms with E-state index in [0.29, 0.717) is 24.6 Å². The molecule has 0 aliphatic heterocycles. The second-order valence-corrected chi connectivity index (χ2v) is 9.13. The third-order valence-electron chi connectivity index (χ3n) is 4.37. The zero-order chi connectivity index (χ0) is 22.1. The van der Waals surface area contributed by atoms with E-state index in [1.165, 1.54) is 12.1 Å². The smallest absolute Gasteiger partial charge is 0.260 e. The molecule has 8 heteroatoms. The molecule has 0 spiro atoms. The summed E-state index contributed by atoms with van der Waals surface area (Å²) in [6.07, 6.45) is -0.109. The van der Waals surface area contributed by atoms with Gasteiger partial charge in [0, 0.05) is 13.1 Å². The van der Waals surface area contributed by atoms with Crippen molar-refractivity contribution in [3.63, 3.8) is 0 Å². The van der Waals surface area contributed by atoms with Gasteiger partial charge in [-0.15, -0.1) is 0 Å². The van der Waals surface area contributed by atoms with Crippen LogP contribution in [0.5, 0.6) is 11.5 Å². The largest absolute Gasteiger partial charge is 0.497 e. The molecule has 0 aromatic heterocycles. The van der Waals surface area contributed by atoms with Gasteiger partial charge >= 0.3 is 0 Å². The Labute approximate surface area is 178 Å². The summed E-state index contributed by atoms with van der Waals surface area (Å²) >= 11 is 0. The quantitative estimate of drug-likeness (QED) is 0.567. The topological polar surface area (TPSA) is 93.7 Å².